The summed E-state index contributed by atoms with van der Waals surface area (Å²) >= 11 is 0. The molecule has 138 valence electrons. The van der Waals surface area contributed by atoms with Crippen molar-refractivity contribution in [2.45, 2.75) is 6.42 Å². The van der Waals surface area contributed by atoms with Crippen molar-refractivity contribution >= 4 is 17.5 Å². The molecule has 1 N–H and O–H groups in total. The number of amides is 1. The van der Waals surface area contributed by atoms with Gasteiger partial charge >= 0.3 is 0 Å². The van der Waals surface area contributed by atoms with Gasteiger partial charge in [-0.2, -0.15) is 0 Å². The van der Waals surface area contributed by atoms with E-state index in [0.717, 1.165) is 17.7 Å². The second kappa shape index (κ2) is 8.75. The third-order valence-corrected chi connectivity index (χ3v) is 4.08. The number of nitrogens with zero attached hydrogens (tertiary/aromatic N) is 4. The van der Waals surface area contributed by atoms with Crippen LogP contribution >= 0.6 is 0 Å². The number of likely N-dealkylation sites (N-methyl/N-ethyl adjacent to an activating group) is 1. The summed E-state index contributed by atoms with van der Waals surface area (Å²) in [5.41, 5.74) is 2.34. The number of aromatic nitrogens is 3. The van der Waals surface area contributed by atoms with Gasteiger partial charge in [-0.3, -0.25) is 9.78 Å². The average Bonchev–Trinajstić information content (AvgIpc) is 2.73. The number of benzene rings is 1. The predicted molar refractivity (Wildman–Crippen MR) is 103 cm³/mol. The van der Waals surface area contributed by atoms with Crippen LogP contribution in [0.15, 0.2) is 61.2 Å². The molecule has 7 nitrogen and oxygen atoms in total. The number of anilines is 2. The Kier molecular flexibility index (Phi) is 5.94. The van der Waals surface area contributed by atoms with Gasteiger partial charge in [0.15, 0.2) is 0 Å². The Morgan fingerprint density at radius 1 is 1.11 bits per heavy atom. The van der Waals surface area contributed by atoms with Crippen molar-refractivity contribution in [3.05, 3.63) is 72.3 Å². The number of nitrogens with one attached hydrogen (secondary N) is 1. The molecule has 3 aromatic rings. The number of pyridine rings is 1. The lowest BCUT2D eigenvalue weighted by Crippen LogP contribution is -2.29. The molecule has 2 heterocycles. The summed E-state index contributed by atoms with van der Waals surface area (Å²) in [5, 5.41) is 3.09. The fourth-order valence-corrected chi connectivity index (χ4v) is 2.54. The number of carbonyl (C=O) groups is 1. The molecule has 27 heavy (non-hydrogen) atoms. The average molecular weight is 363 g/mol. The molecule has 0 unspecified atom stereocenters. The zero-order valence-electron chi connectivity index (χ0n) is 15.3. The van der Waals surface area contributed by atoms with Crippen molar-refractivity contribution < 1.29 is 9.53 Å². The van der Waals surface area contributed by atoms with Crippen molar-refractivity contribution in [2.24, 2.45) is 0 Å². The van der Waals surface area contributed by atoms with Crippen molar-refractivity contribution in [1.29, 1.82) is 0 Å². The largest absolute Gasteiger partial charge is 0.495 e. The Morgan fingerprint density at radius 3 is 2.52 bits per heavy atom. The molecule has 0 saturated heterocycles. The molecular weight excluding hydrogens is 342 g/mol. The van der Waals surface area contributed by atoms with E-state index in [0.29, 0.717) is 23.8 Å². The maximum atomic E-state index is 12.5. The standard InChI is InChI=1S/C20H21N5O2/c1-25(12-9-15-7-10-21-11-8-15)19(26)16-13-22-20(23-14-16)24-17-5-3-4-6-18(17)27-2/h3-8,10-11,13-14H,9,12H2,1-2H3,(H,22,23,24). The molecule has 0 aliphatic carbocycles. The van der Waals surface area contributed by atoms with Crippen LogP contribution in [0.3, 0.4) is 0 Å². The van der Waals surface area contributed by atoms with Crippen LogP contribution in [0.2, 0.25) is 0 Å². The summed E-state index contributed by atoms with van der Waals surface area (Å²) in [5.74, 6) is 0.973. The van der Waals surface area contributed by atoms with Gasteiger partial charge in [0, 0.05) is 38.4 Å². The Balaban J connectivity index is 1.61. The quantitative estimate of drug-likeness (QED) is 0.695. The van der Waals surface area contributed by atoms with Gasteiger partial charge in [-0.1, -0.05) is 12.1 Å². The molecular formula is C20H21N5O2. The van der Waals surface area contributed by atoms with Gasteiger partial charge in [-0.15, -0.1) is 0 Å². The van der Waals surface area contributed by atoms with Crippen LogP contribution in [0.5, 0.6) is 5.75 Å². The minimum absolute atomic E-state index is 0.118. The van der Waals surface area contributed by atoms with Crippen molar-refractivity contribution in [2.75, 3.05) is 26.0 Å². The molecule has 0 atom stereocenters. The van der Waals surface area contributed by atoms with Gasteiger partial charge in [0.1, 0.15) is 5.75 Å². The van der Waals surface area contributed by atoms with E-state index in [2.05, 4.69) is 20.3 Å². The molecule has 0 spiro atoms. The minimum Gasteiger partial charge on any atom is -0.495 e. The first-order valence-electron chi connectivity index (χ1n) is 8.54. The molecule has 0 aliphatic rings. The topological polar surface area (TPSA) is 80.2 Å². The summed E-state index contributed by atoms with van der Waals surface area (Å²) in [6, 6.07) is 11.4. The van der Waals surface area contributed by atoms with E-state index in [4.69, 9.17) is 4.74 Å². The van der Waals surface area contributed by atoms with Crippen LogP contribution < -0.4 is 10.1 Å². The van der Waals surface area contributed by atoms with Gasteiger partial charge in [-0.25, -0.2) is 9.97 Å². The highest BCUT2D eigenvalue weighted by molar-refractivity contribution is 5.93. The smallest absolute Gasteiger partial charge is 0.256 e. The van der Waals surface area contributed by atoms with Crippen molar-refractivity contribution in [3.8, 4) is 5.75 Å². The zero-order chi connectivity index (χ0) is 19.1. The molecule has 0 saturated carbocycles. The first-order valence-corrected chi connectivity index (χ1v) is 8.54. The van der Waals surface area contributed by atoms with Crippen LogP contribution in [0.25, 0.3) is 0 Å². The van der Waals surface area contributed by atoms with Crippen LogP contribution in [-0.4, -0.2) is 46.5 Å². The molecule has 0 fully saturated rings. The Labute approximate surface area is 158 Å². The summed E-state index contributed by atoms with van der Waals surface area (Å²) in [7, 11) is 3.37. The molecule has 0 bridgehead atoms. The lowest BCUT2D eigenvalue weighted by molar-refractivity contribution is 0.0796. The van der Waals surface area contributed by atoms with E-state index in [1.165, 1.54) is 12.4 Å². The van der Waals surface area contributed by atoms with Gasteiger partial charge in [-0.05, 0) is 36.2 Å². The SMILES string of the molecule is COc1ccccc1Nc1ncc(C(=O)N(C)CCc2ccncc2)cn1. The van der Waals surface area contributed by atoms with Gasteiger partial charge in [0.2, 0.25) is 5.95 Å². The van der Waals surface area contributed by atoms with E-state index < -0.39 is 0 Å². The number of hydrogen-bond donors (Lipinski definition) is 1. The second-order valence-electron chi connectivity index (χ2n) is 5.95. The van der Waals surface area contributed by atoms with Crippen molar-refractivity contribution in [1.82, 2.24) is 19.9 Å². The molecule has 1 amide bonds. The number of ether oxygens (including phenoxy) is 1. The maximum Gasteiger partial charge on any atom is 0.256 e. The fourth-order valence-electron chi connectivity index (χ4n) is 2.54. The number of para-hydroxylation sites is 2. The van der Waals surface area contributed by atoms with E-state index >= 15 is 0 Å². The number of carbonyl (C=O) groups excluding carboxylic acids is 1. The van der Waals surface area contributed by atoms with Gasteiger partial charge in [0.05, 0.1) is 18.4 Å². The van der Waals surface area contributed by atoms with Crippen LogP contribution in [0.1, 0.15) is 15.9 Å². The van der Waals surface area contributed by atoms with Crippen LogP contribution in [-0.2, 0) is 6.42 Å². The Hall–Kier alpha value is -3.48. The third kappa shape index (κ3) is 4.78. The summed E-state index contributed by atoms with van der Waals surface area (Å²) < 4.78 is 5.29. The first-order chi connectivity index (χ1) is 13.2. The molecule has 1 aromatic carbocycles. The first kappa shape index (κ1) is 18.3. The van der Waals surface area contributed by atoms with E-state index in [1.807, 2.05) is 36.4 Å². The number of hydrogen-bond acceptors (Lipinski definition) is 6. The van der Waals surface area contributed by atoms with Crippen molar-refractivity contribution in [3.63, 3.8) is 0 Å². The highest BCUT2D eigenvalue weighted by Crippen LogP contribution is 2.25. The Morgan fingerprint density at radius 2 is 1.81 bits per heavy atom. The molecule has 0 radical (unpaired) electrons. The number of methoxy groups -OCH3 is 1. The predicted octanol–water partition coefficient (Wildman–Crippen LogP) is 2.94. The fraction of sp³-hybridized carbons (Fsp3) is 0.200. The zero-order valence-corrected chi connectivity index (χ0v) is 15.3. The van der Waals surface area contributed by atoms with E-state index in [-0.39, 0.29) is 5.91 Å². The lowest BCUT2D eigenvalue weighted by Gasteiger charge is -2.17. The highest BCUT2D eigenvalue weighted by Gasteiger charge is 2.13. The van der Waals surface area contributed by atoms with Crippen LogP contribution in [0, 0.1) is 0 Å². The highest BCUT2D eigenvalue weighted by atomic mass is 16.5. The molecule has 0 aliphatic heterocycles. The third-order valence-electron chi connectivity index (χ3n) is 4.08. The van der Waals surface area contributed by atoms with Gasteiger partial charge < -0.3 is 15.0 Å². The number of rotatable bonds is 7. The molecule has 2 aromatic heterocycles. The van der Waals surface area contributed by atoms with E-state index in [1.54, 1.807) is 31.5 Å². The minimum atomic E-state index is -0.118. The summed E-state index contributed by atoms with van der Waals surface area (Å²) in [6.07, 6.45) is 7.31. The Bertz CT molecular complexity index is 884. The maximum absolute atomic E-state index is 12.5. The second-order valence-corrected chi connectivity index (χ2v) is 5.95. The normalized spacial score (nSPS) is 10.3. The van der Waals surface area contributed by atoms with Crippen LogP contribution in [0.4, 0.5) is 11.6 Å². The lowest BCUT2D eigenvalue weighted by atomic mass is 10.2. The summed E-state index contributed by atoms with van der Waals surface area (Å²) in [6.45, 7) is 0.601. The van der Waals surface area contributed by atoms with Gasteiger partial charge in [0.25, 0.3) is 5.91 Å². The molecule has 3 rings (SSSR count). The monoisotopic (exact) mass is 363 g/mol. The molecule has 7 heteroatoms. The van der Waals surface area contributed by atoms with E-state index in [9.17, 15) is 4.79 Å². The summed E-state index contributed by atoms with van der Waals surface area (Å²) in [4.78, 5) is 26.7.